The monoisotopic (exact) mass is 712 g/mol. The number of para-hydroxylation sites is 1. The minimum absolute atomic E-state index is 0.0761. The second-order valence-electron chi connectivity index (χ2n) is 15.6. The number of carbonyl (C=O) groups excluding carboxylic acids is 3. The summed E-state index contributed by atoms with van der Waals surface area (Å²) in [4.78, 5) is 42.9. The van der Waals surface area contributed by atoms with E-state index in [4.69, 9.17) is 4.74 Å². The molecule has 2 fully saturated rings. The zero-order valence-corrected chi connectivity index (χ0v) is 31.2. The minimum Gasteiger partial charge on any atom is -0.484 e. The number of nitrogens with zero attached hydrogens (tertiary/aromatic N) is 1. The van der Waals surface area contributed by atoms with Crippen LogP contribution < -0.4 is 20.7 Å². The van der Waals surface area contributed by atoms with E-state index >= 15 is 0 Å². The quantitative estimate of drug-likeness (QED) is 0.233. The molecule has 3 amide bonds. The minimum atomic E-state index is -3.87. The number of nitrogens with one attached hydrogen (secondary N) is 3. The van der Waals surface area contributed by atoms with Crippen LogP contribution in [0.1, 0.15) is 72.3 Å². The summed E-state index contributed by atoms with van der Waals surface area (Å²) < 4.78 is 29.8. The third kappa shape index (κ3) is 10.8. The summed E-state index contributed by atoms with van der Waals surface area (Å²) in [6.45, 7) is 8.98. The first-order valence-electron chi connectivity index (χ1n) is 17.7. The van der Waals surface area contributed by atoms with Crippen LogP contribution in [-0.4, -0.2) is 96.6 Å². The molecule has 0 radical (unpaired) electrons. The Kier molecular flexibility index (Phi) is 13.1. The van der Waals surface area contributed by atoms with Gasteiger partial charge >= 0.3 is 0 Å². The predicted octanol–water partition coefficient (Wildman–Crippen LogP) is 3.26. The van der Waals surface area contributed by atoms with Gasteiger partial charge in [-0.05, 0) is 83.4 Å². The van der Waals surface area contributed by atoms with Crippen molar-refractivity contribution in [1.82, 2.24) is 20.9 Å². The van der Waals surface area contributed by atoms with E-state index in [1.807, 2.05) is 51.1 Å². The van der Waals surface area contributed by atoms with E-state index in [1.165, 1.54) is 13.8 Å². The van der Waals surface area contributed by atoms with E-state index < -0.39 is 62.8 Å². The number of piperidine rings is 1. The molecule has 4 N–H and O–H groups in total. The Morgan fingerprint density at radius 3 is 2.12 bits per heavy atom. The Hall–Kier alpha value is -3.48. The molecule has 0 bridgehead atoms. The van der Waals surface area contributed by atoms with Crippen molar-refractivity contribution >= 4 is 27.6 Å². The number of hydrogen-bond donors (Lipinski definition) is 4. The number of amides is 3. The highest BCUT2D eigenvalue weighted by atomic mass is 32.2. The molecule has 2 aromatic rings. The summed E-state index contributed by atoms with van der Waals surface area (Å²) in [6.07, 6.45) is 5.31. The number of β-amino-alcohol motifs (C(OH)–C–C–N with tert-alkyl or cyclic N) is 1. The van der Waals surface area contributed by atoms with Gasteiger partial charge in [0.15, 0.2) is 16.4 Å². The van der Waals surface area contributed by atoms with Crippen molar-refractivity contribution < 1.29 is 32.6 Å². The Morgan fingerprint density at radius 1 is 0.920 bits per heavy atom. The molecule has 1 saturated heterocycles. The lowest BCUT2D eigenvalue weighted by Crippen LogP contribution is -2.64. The number of benzene rings is 2. The van der Waals surface area contributed by atoms with Crippen LogP contribution >= 0.6 is 0 Å². The van der Waals surface area contributed by atoms with E-state index in [-0.39, 0.29) is 18.9 Å². The fourth-order valence-corrected chi connectivity index (χ4v) is 7.64. The van der Waals surface area contributed by atoms with Gasteiger partial charge in [-0.1, -0.05) is 67.8 Å². The molecular weight excluding hydrogens is 657 g/mol. The fourth-order valence-electron chi connectivity index (χ4n) is 7.05. The molecule has 4 rings (SSSR count). The van der Waals surface area contributed by atoms with Gasteiger partial charge in [0.1, 0.15) is 11.8 Å². The molecule has 1 heterocycles. The molecule has 0 aromatic heterocycles. The summed E-state index contributed by atoms with van der Waals surface area (Å²) in [6, 6.07) is 15.3. The van der Waals surface area contributed by atoms with Crippen LogP contribution in [-0.2, 0) is 30.6 Å². The van der Waals surface area contributed by atoms with Crippen LogP contribution in [0.4, 0.5) is 0 Å². The molecule has 11 nitrogen and oxygen atoms in total. The molecule has 6 unspecified atom stereocenters. The Balaban J connectivity index is 1.58. The number of fused-ring (bicyclic) bond motifs is 1. The molecule has 2 aromatic carbocycles. The first-order valence-corrected chi connectivity index (χ1v) is 19.6. The number of ether oxygens (including phenoxy) is 1. The second-order valence-corrected chi connectivity index (χ2v) is 18.2. The van der Waals surface area contributed by atoms with Crippen molar-refractivity contribution in [2.24, 2.45) is 11.8 Å². The van der Waals surface area contributed by atoms with Gasteiger partial charge in [-0.15, -0.1) is 0 Å². The lowest BCUT2D eigenvalue weighted by atomic mass is 9.72. The highest BCUT2D eigenvalue weighted by Gasteiger charge is 2.46. The largest absolute Gasteiger partial charge is 0.484 e. The normalized spacial score (nSPS) is 21.9. The molecule has 50 heavy (non-hydrogen) atoms. The highest BCUT2D eigenvalue weighted by Crippen LogP contribution is 2.39. The Labute approximate surface area is 297 Å². The summed E-state index contributed by atoms with van der Waals surface area (Å²) in [5, 5.41) is 20.6. The summed E-state index contributed by atoms with van der Waals surface area (Å²) in [5.41, 5.74) is 0.427. The van der Waals surface area contributed by atoms with Crippen LogP contribution in [0.2, 0.25) is 0 Å². The third-order valence-electron chi connectivity index (χ3n) is 10.1. The van der Waals surface area contributed by atoms with E-state index in [2.05, 4.69) is 20.9 Å². The lowest BCUT2D eigenvalue weighted by molar-refractivity contribution is -0.133. The lowest BCUT2D eigenvalue weighted by Gasteiger charge is -2.47. The number of aliphatic hydroxyl groups excluding tert-OH is 1. The van der Waals surface area contributed by atoms with Gasteiger partial charge in [-0.2, -0.15) is 0 Å². The molecule has 1 aliphatic carbocycles. The highest BCUT2D eigenvalue weighted by molar-refractivity contribution is 7.92. The van der Waals surface area contributed by atoms with Crippen molar-refractivity contribution in [2.75, 3.05) is 26.0 Å². The van der Waals surface area contributed by atoms with Gasteiger partial charge in [0, 0.05) is 24.9 Å². The van der Waals surface area contributed by atoms with Gasteiger partial charge in [0.2, 0.25) is 11.8 Å². The summed E-state index contributed by atoms with van der Waals surface area (Å²) >= 11 is 0. The van der Waals surface area contributed by atoms with E-state index in [9.17, 15) is 27.9 Å². The van der Waals surface area contributed by atoms with Crippen LogP contribution in [0.5, 0.6) is 5.75 Å². The van der Waals surface area contributed by atoms with Crippen molar-refractivity contribution in [3.63, 3.8) is 0 Å². The molecule has 6 atom stereocenters. The van der Waals surface area contributed by atoms with Gasteiger partial charge in [-0.25, -0.2) is 8.42 Å². The van der Waals surface area contributed by atoms with E-state index in [1.54, 1.807) is 30.3 Å². The van der Waals surface area contributed by atoms with Crippen molar-refractivity contribution in [3.05, 3.63) is 66.2 Å². The zero-order chi connectivity index (χ0) is 36.7. The van der Waals surface area contributed by atoms with Crippen molar-refractivity contribution in [1.29, 1.82) is 0 Å². The van der Waals surface area contributed by atoms with Crippen LogP contribution in [0.25, 0.3) is 0 Å². The van der Waals surface area contributed by atoms with Crippen LogP contribution in [0.15, 0.2) is 60.7 Å². The van der Waals surface area contributed by atoms with Crippen molar-refractivity contribution in [2.45, 2.75) is 108 Å². The smallest absolute Gasteiger partial charge is 0.258 e. The van der Waals surface area contributed by atoms with E-state index in [0.717, 1.165) is 37.5 Å². The molecular formula is C38H56N4O7S. The number of rotatable bonds is 14. The Morgan fingerprint density at radius 2 is 1.52 bits per heavy atom. The maximum Gasteiger partial charge on any atom is 0.258 e. The zero-order valence-electron chi connectivity index (χ0n) is 30.4. The number of carbonyl (C=O) groups is 3. The molecule has 1 saturated carbocycles. The summed E-state index contributed by atoms with van der Waals surface area (Å²) in [7, 11) is -3.87. The van der Waals surface area contributed by atoms with Crippen LogP contribution in [0.3, 0.4) is 0 Å². The molecule has 12 heteroatoms. The number of likely N-dealkylation sites (tertiary alicyclic amines) is 1. The maximum absolute atomic E-state index is 14.1. The van der Waals surface area contributed by atoms with Gasteiger partial charge in [0.05, 0.1) is 22.9 Å². The van der Waals surface area contributed by atoms with E-state index in [0.29, 0.717) is 30.6 Å². The average Bonchev–Trinajstić information content (AvgIpc) is 3.05. The number of sulfone groups is 1. The SMILES string of the molecule is CC(C)(C)NC(=O)C1CC2CCCCC2CN1CC(O)C(Cc1ccccc1)NC(=O)C(NC(=O)COc1ccccc1)C(C)(C)S(C)(=O)=O. The molecule has 1 aliphatic heterocycles. The van der Waals surface area contributed by atoms with Crippen LogP contribution in [0, 0.1) is 11.8 Å². The number of hydrogen-bond acceptors (Lipinski definition) is 8. The standard InChI is InChI=1S/C38H56N4O7S/c1-37(2,3)41-35(45)31-22-27-17-13-14-18-28(27)23-42(31)24-32(43)30(21-26-15-9-7-10-16-26)39-36(46)34(38(4,5)50(6,47)48)40-33(44)25-49-29-19-11-8-12-20-29/h7-12,15-16,19-20,27-28,30-32,34,43H,13-14,17-18,21-25H2,1-6H3,(H,39,46)(H,40,44)(H,41,45). The van der Waals surface area contributed by atoms with Gasteiger partial charge in [-0.3, -0.25) is 19.3 Å². The first kappa shape index (κ1) is 39.3. The molecule has 0 spiro atoms. The van der Waals surface area contributed by atoms with Gasteiger partial charge in [0.25, 0.3) is 5.91 Å². The predicted molar refractivity (Wildman–Crippen MR) is 194 cm³/mol. The number of aliphatic hydroxyl groups is 1. The van der Waals surface area contributed by atoms with Gasteiger partial charge < -0.3 is 25.8 Å². The Bertz CT molecular complexity index is 1550. The third-order valence-corrected chi connectivity index (χ3v) is 12.3. The fraction of sp³-hybridized carbons (Fsp3) is 0.605. The molecule has 276 valence electrons. The topological polar surface area (TPSA) is 154 Å². The summed E-state index contributed by atoms with van der Waals surface area (Å²) in [5.74, 6) is -0.182. The second kappa shape index (κ2) is 16.7. The molecule has 2 aliphatic rings. The maximum atomic E-state index is 14.1. The van der Waals surface area contributed by atoms with Crippen molar-refractivity contribution in [3.8, 4) is 5.75 Å². The first-order chi connectivity index (χ1) is 23.4. The average molecular weight is 713 g/mol.